The summed E-state index contributed by atoms with van der Waals surface area (Å²) in [5.41, 5.74) is 1.28. The maximum atomic E-state index is 9.56. The molecule has 1 aliphatic rings. The van der Waals surface area contributed by atoms with Crippen molar-refractivity contribution in [1.82, 2.24) is 19.6 Å². The molecule has 2 unspecified atom stereocenters. The summed E-state index contributed by atoms with van der Waals surface area (Å²) in [6.07, 6.45) is 4.93. The van der Waals surface area contributed by atoms with Gasteiger partial charge >= 0.3 is 0 Å². The molecule has 1 N–H and O–H groups in total. The largest absolute Gasteiger partial charge is 0.392 e. The fourth-order valence-electron chi connectivity index (χ4n) is 2.88. The van der Waals surface area contributed by atoms with Crippen LogP contribution >= 0.6 is 0 Å². The van der Waals surface area contributed by atoms with Crippen molar-refractivity contribution in [2.24, 2.45) is 7.05 Å². The first-order valence-electron chi connectivity index (χ1n) is 7.20. The molecule has 0 saturated carbocycles. The smallest absolute Gasteiger partial charge is 0.0639 e. The van der Waals surface area contributed by atoms with Crippen LogP contribution in [0, 0.1) is 0 Å². The average molecular weight is 266 g/mol. The molecule has 108 valence electrons. The molecule has 0 amide bonds. The lowest BCUT2D eigenvalue weighted by molar-refractivity contribution is 0.0338. The Hall–Kier alpha value is -0.910. The van der Waals surface area contributed by atoms with Crippen molar-refractivity contribution in [2.75, 3.05) is 26.2 Å². The van der Waals surface area contributed by atoms with Gasteiger partial charge in [0, 0.05) is 57.6 Å². The first-order valence-corrected chi connectivity index (χ1v) is 7.20. The van der Waals surface area contributed by atoms with Crippen LogP contribution in [0.2, 0.25) is 0 Å². The third-order valence-corrected chi connectivity index (χ3v) is 3.82. The van der Waals surface area contributed by atoms with Crippen molar-refractivity contribution in [2.45, 2.75) is 39.0 Å². The van der Waals surface area contributed by atoms with E-state index in [0.29, 0.717) is 6.04 Å². The molecule has 0 aliphatic carbocycles. The topological polar surface area (TPSA) is 44.5 Å². The quantitative estimate of drug-likeness (QED) is 0.852. The van der Waals surface area contributed by atoms with Gasteiger partial charge in [0.2, 0.25) is 0 Å². The summed E-state index contributed by atoms with van der Waals surface area (Å²) in [7, 11) is 1.96. The van der Waals surface area contributed by atoms with Gasteiger partial charge in [-0.25, -0.2) is 0 Å². The zero-order chi connectivity index (χ0) is 13.8. The highest BCUT2D eigenvalue weighted by Gasteiger charge is 2.26. The minimum absolute atomic E-state index is 0.237. The third kappa shape index (κ3) is 4.03. The van der Waals surface area contributed by atoms with Crippen LogP contribution in [0.15, 0.2) is 12.4 Å². The van der Waals surface area contributed by atoms with Gasteiger partial charge in [0.05, 0.1) is 12.3 Å². The van der Waals surface area contributed by atoms with Gasteiger partial charge in [-0.05, 0) is 13.3 Å². The van der Waals surface area contributed by atoms with Crippen molar-refractivity contribution in [3.63, 3.8) is 0 Å². The highest BCUT2D eigenvalue weighted by Crippen LogP contribution is 2.15. The van der Waals surface area contributed by atoms with E-state index in [9.17, 15) is 5.11 Å². The number of β-amino-alcohol motifs (C(OH)–C–C–N with tert-alkyl or cyclic N) is 1. The second-order valence-electron chi connectivity index (χ2n) is 5.66. The zero-order valence-electron chi connectivity index (χ0n) is 12.3. The number of rotatable bonds is 5. The first kappa shape index (κ1) is 14.5. The molecule has 0 radical (unpaired) electrons. The van der Waals surface area contributed by atoms with Crippen LogP contribution in [0.5, 0.6) is 0 Å². The SMILES string of the molecule is CCC1CN(Cc2cnn(C)c2)CCN1CC(C)O. The summed E-state index contributed by atoms with van der Waals surface area (Å²) < 4.78 is 1.86. The van der Waals surface area contributed by atoms with Gasteiger partial charge in [0.1, 0.15) is 0 Å². The molecule has 2 atom stereocenters. The number of aliphatic hydroxyl groups is 1. The van der Waals surface area contributed by atoms with Crippen molar-refractivity contribution < 1.29 is 5.11 Å². The van der Waals surface area contributed by atoms with E-state index in [-0.39, 0.29) is 6.10 Å². The molecule has 5 nitrogen and oxygen atoms in total. The molecule has 2 heterocycles. The molecule has 0 aromatic carbocycles. The molecule has 1 fully saturated rings. The van der Waals surface area contributed by atoms with Crippen LogP contribution in [0.25, 0.3) is 0 Å². The summed E-state index contributed by atoms with van der Waals surface area (Å²) >= 11 is 0. The van der Waals surface area contributed by atoms with Crippen molar-refractivity contribution in [3.05, 3.63) is 18.0 Å². The molecule has 5 heteroatoms. The maximum absolute atomic E-state index is 9.56. The minimum Gasteiger partial charge on any atom is -0.392 e. The van der Waals surface area contributed by atoms with E-state index in [1.807, 2.05) is 24.9 Å². The third-order valence-electron chi connectivity index (χ3n) is 3.82. The molecular weight excluding hydrogens is 240 g/mol. The van der Waals surface area contributed by atoms with Crippen molar-refractivity contribution in [1.29, 1.82) is 0 Å². The number of nitrogens with zero attached hydrogens (tertiary/aromatic N) is 4. The van der Waals surface area contributed by atoms with Crippen LogP contribution in [-0.2, 0) is 13.6 Å². The zero-order valence-corrected chi connectivity index (χ0v) is 12.3. The van der Waals surface area contributed by atoms with E-state index in [2.05, 4.69) is 28.0 Å². The molecule has 0 bridgehead atoms. The minimum atomic E-state index is -0.237. The standard InChI is InChI=1S/C14H26N4O/c1-4-14-11-17(5-6-18(14)8-12(2)19)10-13-7-15-16(3)9-13/h7,9,12,14,19H,4-6,8,10-11H2,1-3H3. The van der Waals surface area contributed by atoms with Crippen LogP contribution in [0.3, 0.4) is 0 Å². The normalized spacial score (nSPS) is 23.7. The van der Waals surface area contributed by atoms with Crippen molar-refractivity contribution in [3.8, 4) is 0 Å². The number of aliphatic hydroxyl groups excluding tert-OH is 1. The monoisotopic (exact) mass is 266 g/mol. The highest BCUT2D eigenvalue weighted by molar-refractivity contribution is 5.03. The van der Waals surface area contributed by atoms with E-state index in [1.54, 1.807) is 0 Å². The molecule has 2 rings (SSSR count). The lowest BCUT2D eigenvalue weighted by Gasteiger charge is -2.41. The van der Waals surface area contributed by atoms with Crippen LogP contribution in [0.1, 0.15) is 25.8 Å². The summed E-state index contributed by atoms with van der Waals surface area (Å²) in [6.45, 7) is 9.06. The van der Waals surface area contributed by atoms with Gasteiger partial charge in [0.25, 0.3) is 0 Å². The van der Waals surface area contributed by atoms with Crippen molar-refractivity contribution >= 4 is 0 Å². The lowest BCUT2D eigenvalue weighted by atomic mass is 10.1. The van der Waals surface area contributed by atoms with Crippen LogP contribution < -0.4 is 0 Å². The highest BCUT2D eigenvalue weighted by atomic mass is 16.3. The number of hydrogen-bond donors (Lipinski definition) is 1. The Morgan fingerprint density at radius 2 is 2.26 bits per heavy atom. The Kier molecular flexibility index (Phi) is 4.96. The fourth-order valence-corrected chi connectivity index (χ4v) is 2.88. The fraction of sp³-hybridized carbons (Fsp3) is 0.786. The molecular formula is C14H26N4O. The molecule has 19 heavy (non-hydrogen) atoms. The molecule has 0 spiro atoms. The predicted octanol–water partition coefficient (Wildman–Crippen LogP) is 0.697. The summed E-state index contributed by atoms with van der Waals surface area (Å²) in [6, 6.07) is 0.556. The summed E-state index contributed by atoms with van der Waals surface area (Å²) in [5.74, 6) is 0. The average Bonchev–Trinajstić information content (AvgIpc) is 2.76. The Labute approximate surface area is 115 Å². The number of hydrogen-bond acceptors (Lipinski definition) is 4. The maximum Gasteiger partial charge on any atom is 0.0639 e. The van der Waals surface area contributed by atoms with E-state index in [4.69, 9.17) is 0 Å². The Balaban J connectivity index is 1.89. The first-order chi connectivity index (χ1) is 9.08. The molecule has 1 aromatic heterocycles. The molecule has 1 aromatic rings. The van der Waals surface area contributed by atoms with Crippen LogP contribution in [0.4, 0.5) is 0 Å². The van der Waals surface area contributed by atoms with Gasteiger partial charge in [-0.1, -0.05) is 6.92 Å². The van der Waals surface area contributed by atoms with E-state index in [0.717, 1.165) is 39.1 Å². The van der Waals surface area contributed by atoms with E-state index >= 15 is 0 Å². The lowest BCUT2D eigenvalue weighted by Crippen LogP contribution is -2.54. The molecule has 1 aliphatic heterocycles. The predicted molar refractivity (Wildman–Crippen MR) is 75.8 cm³/mol. The Bertz CT molecular complexity index is 391. The van der Waals surface area contributed by atoms with Gasteiger partial charge < -0.3 is 5.11 Å². The Morgan fingerprint density at radius 3 is 2.84 bits per heavy atom. The van der Waals surface area contributed by atoms with E-state index < -0.39 is 0 Å². The summed E-state index contributed by atoms with van der Waals surface area (Å²) in [5, 5.41) is 13.8. The van der Waals surface area contributed by atoms with Crippen LogP contribution in [-0.4, -0.2) is 63.0 Å². The van der Waals surface area contributed by atoms with Gasteiger partial charge in [-0.15, -0.1) is 0 Å². The van der Waals surface area contributed by atoms with Gasteiger partial charge in [-0.2, -0.15) is 5.10 Å². The number of aromatic nitrogens is 2. The van der Waals surface area contributed by atoms with Gasteiger partial charge in [-0.3, -0.25) is 14.5 Å². The number of aryl methyl sites for hydroxylation is 1. The second kappa shape index (κ2) is 6.50. The second-order valence-corrected chi connectivity index (χ2v) is 5.66. The van der Waals surface area contributed by atoms with Gasteiger partial charge in [0.15, 0.2) is 0 Å². The molecule has 1 saturated heterocycles. The van der Waals surface area contributed by atoms with E-state index in [1.165, 1.54) is 5.56 Å². The number of piperazine rings is 1. The Morgan fingerprint density at radius 1 is 1.47 bits per heavy atom. The summed E-state index contributed by atoms with van der Waals surface area (Å²) in [4.78, 5) is 4.91.